The fraction of sp³-hybridized carbons (Fsp3) is 0.333. The third kappa shape index (κ3) is 5.19. The third-order valence-electron chi connectivity index (χ3n) is 4.08. The van der Waals surface area contributed by atoms with Gasteiger partial charge in [-0.25, -0.2) is 0 Å². The van der Waals surface area contributed by atoms with Crippen LogP contribution in [-0.2, 0) is 9.84 Å². The molecule has 2 heteroatoms. The number of hydrogen-bond donors (Lipinski definition) is 0. The highest BCUT2D eigenvalue weighted by atomic mass is 28.4. The van der Waals surface area contributed by atoms with E-state index in [1.54, 1.807) is 0 Å². The summed E-state index contributed by atoms with van der Waals surface area (Å²) < 4.78 is 6.28. The zero-order valence-electron chi connectivity index (χ0n) is 14.8. The summed E-state index contributed by atoms with van der Waals surface area (Å²) >= 11 is 0. The van der Waals surface area contributed by atoms with Crippen LogP contribution in [-0.4, -0.2) is 14.9 Å². The summed E-state index contributed by atoms with van der Waals surface area (Å²) in [4.78, 5) is 0. The molecule has 0 amide bonds. The van der Waals surface area contributed by atoms with Crippen molar-refractivity contribution in [2.24, 2.45) is 0 Å². The van der Waals surface area contributed by atoms with Crippen LogP contribution in [0.1, 0.15) is 24.5 Å². The Labute approximate surface area is 142 Å². The van der Waals surface area contributed by atoms with Crippen LogP contribution in [0.25, 0.3) is 5.57 Å². The highest BCUT2D eigenvalue weighted by Crippen LogP contribution is 2.35. The SMILES string of the molecule is C=C(CC(C)(CO[Si](C)(C)C)c1ccccc1)c1ccccc1. The quantitative estimate of drug-likeness (QED) is 0.576. The van der Waals surface area contributed by atoms with Crippen LogP contribution in [0.4, 0.5) is 0 Å². The summed E-state index contributed by atoms with van der Waals surface area (Å²) in [6, 6.07) is 21.1. The van der Waals surface area contributed by atoms with E-state index in [1.165, 1.54) is 11.1 Å². The molecule has 1 unspecified atom stereocenters. The van der Waals surface area contributed by atoms with E-state index in [4.69, 9.17) is 4.43 Å². The zero-order chi connectivity index (χ0) is 16.9. The highest BCUT2D eigenvalue weighted by molar-refractivity contribution is 6.69. The van der Waals surface area contributed by atoms with E-state index in [0.29, 0.717) is 0 Å². The van der Waals surface area contributed by atoms with E-state index >= 15 is 0 Å². The molecule has 122 valence electrons. The average Bonchev–Trinajstić information content (AvgIpc) is 2.54. The normalized spacial score (nSPS) is 14.3. The molecule has 0 spiro atoms. The van der Waals surface area contributed by atoms with Gasteiger partial charge in [-0.2, -0.15) is 0 Å². The Morgan fingerprint density at radius 1 is 0.957 bits per heavy atom. The molecule has 1 atom stereocenters. The first kappa shape index (κ1) is 17.7. The van der Waals surface area contributed by atoms with Gasteiger partial charge in [0.25, 0.3) is 0 Å². The largest absolute Gasteiger partial charge is 0.417 e. The van der Waals surface area contributed by atoms with Gasteiger partial charge < -0.3 is 4.43 Å². The summed E-state index contributed by atoms with van der Waals surface area (Å²) in [5, 5.41) is 0. The lowest BCUT2D eigenvalue weighted by Gasteiger charge is -2.34. The Morgan fingerprint density at radius 2 is 1.48 bits per heavy atom. The second kappa shape index (κ2) is 7.29. The Hall–Kier alpha value is -1.64. The first-order chi connectivity index (χ1) is 10.8. The van der Waals surface area contributed by atoms with Gasteiger partial charge in [0.1, 0.15) is 0 Å². The van der Waals surface area contributed by atoms with Crippen LogP contribution in [0.2, 0.25) is 19.6 Å². The lowest BCUT2D eigenvalue weighted by Crippen LogP contribution is -2.36. The molecule has 1 nitrogen and oxygen atoms in total. The monoisotopic (exact) mass is 324 g/mol. The molecular weight excluding hydrogens is 296 g/mol. The standard InChI is InChI=1S/C21H28OSi/c1-18(19-12-8-6-9-13-19)16-21(2,17-22-23(3,4)5)20-14-10-7-11-15-20/h6-15H,1,16-17H2,2-5H3. The molecule has 0 radical (unpaired) electrons. The van der Waals surface area contributed by atoms with Crippen molar-refractivity contribution < 1.29 is 4.43 Å². The predicted octanol–water partition coefficient (Wildman–Crippen LogP) is 5.90. The van der Waals surface area contributed by atoms with Crippen molar-refractivity contribution in [1.82, 2.24) is 0 Å². The first-order valence-corrected chi connectivity index (χ1v) is 11.6. The van der Waals surface area contributed by atoms with Gasteiger partial charge in [0, 0.05) is 12.0 Å². The Bertz CT molecular complexity index is 628. The summed E-state index contributed by atoms with van der Waals surface area (Å²) in [6.45, 7) is 14.1. The van der Waals surface area contributed by atoms with E-state index in [-0.39, 0.29) is 5.41 Å². The Kier molecular flexibility index (Phi) is 5.61. The number of benzene rings is 2. The van der Waals surface area contributed by atoms with Crippen LogP contribution < -0.4 is 0 Å². The van der Waals surface area contributed by atoms with E-state index in [2.05, 4.69) is 87.7 Å². The lowest BCUT2D eigenvalue weighted by atomic mass is 9.77. The summed E-state index contributed by atoms with van der Waals surface area (Å²) in [5.74, 6) is 0. The van der Waals surface area contributed by atoms with Crippen LogP contribution >= 0.6 is 0 Å². The Balaban J connectivity index is 2.25. The van der Waals surface area contributed by atoms with Crippen molar-refractivity contribution in [2.75, 3.05) is 6.61 Å². The maximum atomic E-state index is 6.28. The molecule has 0 aliphatic carbocycles. The van der Waals surface area contributed by atoms with Gasteiger partial charge >= 0.3 is 0 Å². The maximum absolute atomic E-state index is 6.28. The van der Waals surface area contributed by atoms with Crippen molar-refractivity contribution in [3.63, 3.8) is 0 Å². The molecule has 0 bridgehead atoms. The lowest BCUT2D eigenvalue weighted by molar-refractivity contribution is 0.224. The molecule has 23 heavy (non-hydrogen) atoms. The zero-order valence-corrected chi connectivity index (χ0v) is 15.8. The van der Waals surface area contributed by atoms with Crippen molar-refractivity contribution >= 4 is 13.9 Å². The second-order valence-electron chi connectivity index (χ2n) is 7.47. The van der Waals surface area contributed by atoms with E-state index in [1.807, 2.05) is 6.07 Å². The highest BCUT2D eigenvalue weighted by Gasteiger charge is 2.30. The van der Waals surface area contributed by atoms with Crippen LogP contribution in [0, 0.1) is 0 Å². The van der Waals surface area contributed by atoms with Crippen LogP contribution in [0.5, 0.6) is 0 Å². The molecule has 0 aliphatic heterocycles. The summed E-state index contributed by atoms with van der Waals surface area (Å²) in [7, 11) is -1.56. The molecule has 0 saturated carbocycles. The maximum Gasteiger partial charge on any atom is 0.183 e. The van der Waals surface area contributed by atoms with E-state index in [0.717, 1.165) is 18.6 Å². The van der Waals surface area contributed by atoms with Crippen molar-refractivity contribution in [2.45, 2.75) is 38.4 Å². The smallest absolute Gasteiger partial charge is 0.183 e. The minimum absolute atomic E-state index is 0.0610. The van der Waals surface area contributed by atoms with E-state index in [9.17, 15) is 0 Å². The van der Waals surface area contributed by atoms with Gasteiger partial charge in [-0.3, -0.25) is 0 Å². The molecular formula is C21H28OSi. The topological polar surface area (TPSA) is 9.23 Å². The molecule has 0 fully saturated rings. The summed E-state index contributed by atoms with van der Waals surface area (Å²) in [6.07, 6.45) is 0.894. The summed E-state index contributed by atoms with van der Waals surface area (Å²) in [5.41, 5.74) is 3.63. The molecule has 0 aromatic heterocycles. The molecule has 0 N–H and O–H groups in total. The van der Waals surface area contributed by atoms with Crippen LogP contribution in [0.15, 0.2) is 67.2 Å². The number of rotatable bonds is 7. The molecule has 0 heterocycles. The molecule has 2 aromatic rings. The fourth-order valence-electron chi connectivity index (χ4n) is 2.70. The molecule has 2 aromatic carbocycles. The van der Waals surface area contributed by atoms with Gasteiger partial charge in [-0.05, 0) is 42.8 Å². The minimum atomic E-state index is -1.56. The van der Waals surface area contributed by atoms with Gasteiger partial charge in [0.2, 0.25) is 0 Å². The third-order valence-corrected chi connectivity index (χ3v) is 5.09. The Morgan fingerprint density at radius 3 is 2.00 bits per heavy atom. The first-order valence-electron chi connectivity index (χ1n) is 8.23. The number of hydrogen-bond acceptors (Lipinski definition) is 1. The minimum Gasteiger partial charge on any atom is -0.417 e. The molecule has 2 rings (SSSR count). The average molecular weight is 325 g/mol. The van der Waals surface area contributed by atoms with Crippen molar-refractivity contribution in [3.05, 3.63) is 78.4 Å². The number of allylic oxidation sites excluding steroid dienone is 1. The van der Waals surface area contributed by atoms with Gasteiger partial charge in [0.15, 0.2) is 8.32 Å². The second-order valence-corrected chi connectivity index (χ2v) is 12.0. The van der Waals surface area contributed by atoms with Gasteiger partial charge in [-0.15, -0.1) is 0 Å². The molecule has 0 saturated heterocycles. The van der Waals surface area contributed by atoms with Crippen molar-refractivity contribution in [3.8, 4) is 0 Å². The van der Waals surface area contributed by atoms with E-state index < -0.39 is 8.32 Å². The fourth-order valence-corrected chi connectivity index (χ4v) is 3.45. The predicted molar refractivity (Wildman–Crippen MR) is 103 cm³/mol. The van der Waals surface area contributed by atoms with Gasteiger partial charge in [-0.1, -0.05) is 74.2 Å². The van der Waals surface area contributed by atoms with Crippen LogP contribution in [0.3, 0.4) is 0 Å². The van der Waals surface area contributed by atoms with Crippen molar-refractivity contribution in [1.29, 1.82) is 0 Å². The van der Waals surface area contributed by atoms with Gasteiger partial charge in [0.05, 0.1) is 0 Å². The molecule has 0 aliphatic rings.